The highest BCUT2D eigenvalue weighted by Crippen LogP contribution is 2.33. The maximum absolute atomic E-state index is 12.4. The van der Waals surface area contributed by atoms with Crippen molar-refractivity contribution >= 4 is 33.2 Å². The molecule has 1 atom stereocenters. The monoisotopic (exact) mass is 421 g/mol. The summed E-state index contributed by atoms with van der Waals surface area (Å²) < 4.78 is 23.2. The molecule has 9 heteroatoms. The van der Waals surface area contributed by atoms with E-state index in [0.717, 1.165) is 25.7 Å². The van der Waals surface area contributed by atoms with E-state index in [1.807, 2.05) is 6.07 Å². The summed E-state index contributed by atoms with van der Waals surface area (Å²) in [7, 11) is -3.94. The molecule has 0 aliphatic heterocycles. The Balaban J connectivity index is 1.67. The maximum Gasteiger partial charge on any atom is 0.279 e. The Morgan fingerprint density at radius 1 is 1.21 bits per heavy atom. The average Bonchev–Trinajstić information content (AvgIpc) is 3.08. The molecule has 0 saturated heterocycles. The van der Waals surface area contributed by atoms with E-state index in [-0.39, 0.29) is 16.4 Å². The van der Waals surface area contributed by atoms with Crippen molar-refractivity contribution in [3.63, 3.8) is 0 Å². The summed E-state index contributed by atoms with van der Waals surface area (Å²) in [4.78, 5) is 26.4. The molecular weight excluding hydrogens is 398 g/mol. The largest absolute Gasteiger partial charge is 0.279 e. The van der Waals surface area contributed by atoms with Crippen molar-refractivity contribution in [1.82, 2.24) is 10.9 Å². The van der Waals surface area contributed by atoms with Crippen LogP contribution in [0.5, 0.6) is 0 Å². The van der Waals surface area contributed by atoms with Crippen LogP contribution in [0.25, 0.3) is 0 Å². The predicted molar refractivity (Wildman–Crippen MR) is 108 cm³/mol. The molecule has 1 aliphatic carbocycles. The van der Waals surface area contributed by atoms with Gasteiger partial charge in [0, 0.05) is 10.4 Å². The number of aryl methyl sites for hydroxylation is 2. The summed E-state index contributed by atoms with van der Waals surface area (Å²) in [5.41, 5.74) is 6.47. The van der Waals surface area contributed by atoms with Crippen molar-refractivity contribution in [1.29, 1.82) is 0 Å². The predicted octanol–water partition coefficient (Wildman–Crippen LogP) is 2.29. The van der Waals surface area contributed by atoms with Crippen LogP contribution in [0.2, 0.25) is 0 Å². The van der Waals surface area contributed by atoms with Crippen LogP contribution in [0.3, 0.4) is 0 Å². The van der Waals surface area contributed by atoms with Crippen molar-refractivity contribution in [2.75, 3.05) is 0 Å². The molecule has 0 saturated carbocycles. The number of primary sulfonamides is 1. The first-order valence-corrected chi connectivity index (χ1v) is 11.4. The molecule has 3 rings (SSSR count). The third-order valence-corrected chi connectivity index (χ3v) is 7.32. The lowest BCUT2D eigenvalue weighted by Gasteiger charge is -2.19. The number of carbonyl (C=O) groups is 2. The van der Waals surface area contributed by atoms with Crippen molar-refractivity contribution in [3.8, 4) is 0 Å². The van der Waals surface area contributed by atoms with E-state index in [1.165, 1.54) is 40.0 Å². The second kappa shape index (κ2) is 8.02. The van der Waals surface area contributed by atoms with Gasteiger partial charge in [0.05, 0.1) is 9.77 Å². The molecule has 4 N–H and O–H groups in total. The Morgan fingerprint density at radius 3 is 2.61 bits per heavy atom. The first-order valence-electron chi connectivity index (χ1n) is 9.04. The summed E-state index contributed by atoms with van der Waals surface area (Å²) in [6.45, 7) is 3.77. The van der Waals surface area contributed by atoms with E-state index in [9.17, 15) is 18.0 Å². The molecule has 0 radical (unpaired) electrons. The lowest BCUT2D eigenvalue weighted by molar-refractivity contribution is 0.0848. The number of carbonyl (C=O) groups excluding carboxylic acids is 2. The van der Waals surface area contributed by atoms with Gasteiger partial charge in [-0.05, 0) is 61.4 Å². The van der Waals surface area contributed by atoms with Gasteiger partial charge in [0.25, 0.3) is 11.8 Å². The van der Waals surface area contributed by atoms with Gasteiger partial charge in [0.15, 0.2) is 0 Å². The van der Waals surface area contributed by atoms with Crippen LogP contribution < -0.4 is 16.0 Å². The van der Waals surface area contributed by atoms with E-state index >= 15 is 0 Å². The van der Waals surface area contributed by atoms with E-state index in [0.29, 0.717) is 16.4 Å². The Kier molecular flexibility index (Phi) is 5.87. The molecule has 28 heavy (non-hydrogen) atoms. The number of sulfonamides is 1. The number of hydrazine groups is 1. The van der Waals surface area contributed by atoms with Crippen LogP contribution in [0, 0.1) is 12.8 Å². The summed E-state index contributed by atoms with van der Waals surface area (Å²) in [6, 6.07) is 6.06. The zero-order valence-electron chi connectivity index (χ0n) is 15.7. The third kappa shape index (κ3) is 4.43. The van der Waals surface area contributed by atoms with Gasteiger partial charge in [-0.15, -0.1) is 11.3 Å². The molecule has 2 amide bonds. The van der Waals surface area contributed by atoms with Gasteiger partial charge in [0.1, 0.15) is 0 Å². The smallest absolute Gasteiger partial charge is 0.267 e. The molecule has 1 aromatic carbocycles. The SMILES string of the molecule is CC[C@@H]1CCc2sc(C(=O)NNC(=O)c3ccc(C)c(S(N)(=O)=O)c3)cc2C1. The zero-order valence-corrected chi connectivity index (χ0v) is 17.4. The number of benzene rings is 1. The Labute approximate surface area is 168 Å². The maximum atomic E-state index is 12.4. The first-order chi connectivity index (χ1) is 13.2. The summed E-state index contributed by atoms with van der Waals surface area (Å²) >= 11 is 1.45. The first kappa shape index (κ1) is 20.5. The lowest BCUT2D eigenvalue weighted by atomic mass is 9.87. The normalized spacial score (nSPS) is 16.3. The molecule has 2 aromatic rings. The number of nitrogens with two attached hydrogens (primary N) is 1. The van der Waals surface area contributed by atoms with Crippen molar-refractivity contribution in [3.05, 3.63) is 50.7 Å². The molecule has 0 spiro atoms. The molecule has 0 unspecified atom stereocenters. The zero-order chi connectivity index (χ0) is 20.5. The van der Waals surface area contributed by atoms with Crippen molar-refractivity contribution < 1.29 is 18.0 Å². The van der Waals surface area contributed by atoms with Crippen LogP contribution in [0.15, 0.2) is 29.2 Å². The topological polar surface area (TPSA) is 118 Å². The number of rotatable bonds is 4. The molecular formula is C19H23N3O4S2. The summed E-state index contributed by atoms with van der Waals surface area (Å²) in [5, 5.41) is 5.16. The molecule has 1 aromatic heterocycles. The Bertz CT molecular complexity index is 1030. The third-order valence-electron chi connectivity index (χ3n) is 5.03. The average molecular weight is 422 g/mol. The minimum atomic E-state index is -3.94. The van der Waals surface area contributed by atoms with Gasteiger partial charge in [-0.1, -0.05) is 19.4 Å². The van der Waals surface area contributed by atoms with Gasteiger partial charge in [-0.3, -0.25) is 20.4 Å². The van der Waals surface area contributed by atoms with Crippen LogP contribution in [-0.4, -0.2) is 20.2 Å². The van der Waals surface area contributed by atoms with Crippen LogP contribution in [0.4, 0.5) is 0 Å². The number of amides is 2. The van der Waals surface area contributed by atoms with E-state index < -0.39 is 15.9 Å². The molecule has 150 valence electrons. The summed E-state index contributed by atoms with van der Waals surface area (Å²) in [6.07, 6.45) is 4.24. The molecule has 0 bridgehead atoms. The van der Waals surface area contributed by atoms with E-state index in [4.69, 9.17) is 5.14 Å². The Morgan fingerprint density at radius 2 is 1.93 bits per heavy atom. The van der Waals surface area contributed by atoms with E-state index in [2.05, 4.69) is 17.8 Å². The molecule has 0 fully saturated rings. The fourth-order valence-corrected chi connectivity index (χ4v) is 5.27. The van der Waals surface area contributed by atoms with Crippen molar-refractivity contribution in [2.45, 2.75) is 44.4 Å². The number of nitrogens with one attached hydrogen (secondary N) is 2. The minimum absolute atomic E-state index is 0.0891. The fraction of sp³-hybridized carbons (Fsp3) is 0.368. The van der Waals surface area contributed by atoms with Crippen LogP contribution >= 0.6 is 11.3 Å². The van der Waals surface area contributed by atoms with Crippen LogP contribution in [0.1, 0.15) is 55.8 Å². The number of thiophene rings is 1. The van der Waals surface area contributed by atoms with Gasteiger partial charge in [0.2, 0.25) is 10.0 Å². The van der Waals surface area contributed by atoms with Gasteiger partial charge >= 0.3 is 0 Å². The number of hydrogen-bond acceptors (Lipinski definition) is 5. The number of hydrogen-bond donors (Lipinski definition) is 3. The highest BCUT2D eigenvalue weighted by molar-refractivity contribution is 7.89. The molecule has 7 nitrogen and oxygen atoms in total. The highest BCUT2D eigenvalue weighted by Gasteiger charge is 2.22. The summed E-state index contributed by atoms with van der Waals surface area (Å²) in [5.74, 6) is -0.350. The van der Waals surface area contributed by atoms with E-state index in [1.54, 1.807) is 6.92 Å². The second-order valence-electron chi connectivity index (χ2n) is 7.01. The molecule has 1 aliphatic rings. The Hall–Kier alpha value is -2.23. The lowest BCUT2D eigenvalue weighted by Crippen LogP contribution is -2.41. The quantitative estimate of drug-likeness (QED) is 0.656. The fourth-order valence-electron chi connectivity index (χ4n) is 3.35. The van der Waals surface area contributed by atoms with Crippen molar-refractivity contribution in [2.24, 2.45) is 11.1 Å². The van der Waals surface area contributed by atoms with Gasteiger partial charge in [-0.25, -0.2) is 13.6 Å². The second-order valence-corrected chi connectivity index (χ2v) is 9.68. The standard InChI is InChI=1S/C19H23N3O4S2/c1-3-12-5-7-15-14(8-12)9-16(27-15)19(24)22-21-18(23)13-6-4-11(2)17(10-13)28(20,25)26/h4,6,9-10,12H,3,5,7-8H2,1-2H3,(H,21,23)(H,22,24)(H2,20,25,26)/t12-/m1/s1. The van der Waals surface area contributed by atoms with Gasteiger partial charge in [-0.2, -0.15) is 0 Å². The van der Waals surface area contributed by atoms with Crippen LogP contribution in [-0.2, 0) is 22.9 Å². The number of fused-ring (bicyclic) bond motifs is 1. The molecule has 1 heterocycles. The minimum Gasteiger partial charge on any atom is -0.267 e. The van der Waals surface area contributed by atoms with Gasteiger partial charge < -0.3 is 0 Å². The highest BCUT2D eigenvalue weighted by atomic mass is 32.2.